The van der Waals surface area contributed by atoms with E-state index in [1.807, 2.05) is 29.2 Å². The van der Waals surface area contributed by atoms with E-state index in [9.17, 15) is 9.90 Å². The van der Waals surface area contributed by atoms with E-state index >= 15 is 0 Å². The first-order valence-electron chi connectivity index (χ1n) is 7.34. The molecule has 114 valence electrons. The molecule has 2 aliphatic heterocycles. The minimum atomic E-state index is -0.394. The number of amides is 1. The Bertz CT molecular complexity index is 500. The van der Waals surface area contributed by atoms with Gasteiger partial charge in [-0.2, -0.15) is 0 Å². The minimum absolute atomic E-state index is 0.113. The molecule has 0 bridgehead atoms. The summed E-state index contributed by atoms with van der Waals surface area (Å²) in [5, 5.41) is 13.3. The molecule has 2 unspecified atom stereocenters. The fourth-order valence-electron chi connectivity index (χ4n) is 2.96. The summed E-state index contributed by atoms with van der Waals surface area (Å²) >= 11 is 5.90. The average Bonchev–Trinajstić information content (AvgIpc) is 2.94. The van der Waals surface area contributed by atoms with Gasteiger partial charge in [0.2, 0.25) is 5.91 Å². The van der Waals surface area contributed by atoms with Crippen LogP contribution < -0.4 is 10.2 Å². The van der Waals surface area contributed by atoms with Gasteiger partial charge in [0.1, 0.15) is 0 Å². The summed E-state index contributed by atoms with van der Waals surface area (Å²) in [7, 11) is 0. The van der Waals surface area contributed by atoms with Gasteiger partial charge in [-0.05, 0) is 30.7 Å². The Hall–Kier alpha value is -1.30. The lowest BCUT2D eigenvalue weighted by molar-refractivity contribution is -0.133. The first-order valence-corrected chi connectivity index (χ1v) is 7.72. The maximum absolute atomic E-state index is 12.4. The number of hydrogen-bond donors (Lipinski definition) is 2. The Morgan fingerprint density at radius 3 is 2.43 bits per heavy atom. The lowest BCUT2D eigenvalue weighted by atomic mass is 10.1. The van der Waals surface area contributed by atoms with Gasteiger partial charge in [0, 0.05) is 43.4 Å². The van der Waals surface area contributed by atoms with E-state index in [0.717, 1.165) is 36.9 Å². The lowest BCUT2D eigenvalue weighted by Crippen LogP contribution is -2.53. The van der Waals surface area contributed by atoms with Crippen molar-refractivity contribution in [1.82, 2.24) is 10.2 Å². The van der Waals surface area contributed by atoms with E-state index in [2.05, 4.69) is 10.2 Å². The topological polar surface area (TPSA) is 55.8 Å². The van der Waals surface area contributed by atoms with Crippen molar-refractivity contribution in [2.24, 2.45) is 0 Å². The second-order valence-corrected chi connectivity index (χ2v) is 6.08. The number of halogens is 1. The van der Waals surface area contributed by atoms with Crippen LogP contribution in [0.25, 0.3) is 0 Å². The molecule has 0 saturated carbocycles. The van der Waals surface area contributed by atoms with Gasteiger partial charge in [-0.1, -0.05) is 11.6 Å². The molecule has 5 nitrogen and oxygen atoms in total. The van der Waals surface area contributed by atoms with Crippen molar-refractivity contribution in [3.63, 3.8) is 0 Å². The van der Waals surface area contributed by atoms with Crippen LogP contribution in [0.2, 0.25) is 5.02 Å². The fourth-order valence-corrected chi connectivity index (χ4v) is 3.09. The summed E-state index contributed by atoms with van der Waals surface area (Å²) in [6, 6.07) is 7.57. The van der Waals surface area contributed by atoms with Crippen LogP contribution in [0.3, 0.4) is 0 Å². The molecule has 0 aliphatic carbocycles. The van der Waals surface area contributed by atoms with Gasteiger partial charge in [-0.25, -0.2) is 0 Å². The lowest BCUT2D eigenvalue weighted by Gasteiger charge is -2.37. The van der Waals surface area contributed by atoms with Crippen molar-refractivity contribution >= 4 is 23.2 Å². The zero-order valence-electron chi connectivity index (χ0n) is 11.8. The molecule has 2 N–H and O–H groups in total. The van der Waals surface area contributed by atoms with Crippen LogP contribution >= 0.6 is 11.6 Å². The second kappa shape index (κ2) is 6.22. The third-order valence-electron chi connectivity index (χ3n) is 4.19. The number of carbonyl (C=O) groups excluding carboxylic acids is 1. The quantitative estimate of drug-likeness (QED) is 0.845. The van der Waals surface area contributed by atoms with E-state index in [-0.39, 0.29) is 11.9 Å². The summed E-state index contributed by atoms with van der Waals surface area (Å²) < 4.78 is 0. The molecule has 2 heterocycles. The highest BCUT2D eigenvalue weighted by Crippen LogP contribution is 2.20. The van der Waals surface area contributed by atoms with Crippen molar-refractivity contribution in [3.05, 3.63) is 29.3 Å². The second-order valence-electron chi connectivity index (χ2n) is 5.64. The van der Waals surface area contributed by atoms with Crippen LogP contribution in [0.1, 0.15) is 6.42 Å². The van der Waals surface area contributed by atoms with E-state index in [4.69, 9.17) is 11.6 Å². The number of aliphatic hydroxyl groups excluding tert-OH is 1. The van der Waals surface area contributed by atoms with E-state index in [1.165, 1.54) is 0 Å². The van der Waals surface area contributed by atoms with Crippen molar-refractivity contribution in [2.45, 2.75) is 18.6 Å². The number of anilines is 1. The predicted octanol–water partition coefficient (Wildman–Crippen LogP) is 0.711. The van der Waals surface area contributed by atoms with E-state index < -0.39 is 6.10 Å². The van der Waals surface area contributed by atoms with Gasteiger partial charge in [0.05, 0.1) is 12.1 Å². The summed E-state index contributed by atoms with van der Waals surface area (Å²) in [5.74, 6) is 0.113. The molecule has 0 aromatic heterocycles. The van der Waals surface area contributed by atoms with Crippen LogP contribution in [-0.4, -0.2) is 60.8 Å². The smallest absolute Gasteiger partial charge is 0.239 e. The van der Waals surface area contributed by atoms with Gasteiger partial charge < -0.3 is 20.2 Å². The number of benzene rings is 1. The largest absolute Gasteiger partial charge is 0.392 e. The van der Waals surface area contributed by atoms with Crippen molar-refractivity contribution < 1.29 is 9.90 Å². The maximum atomic E-state index is 12.4. The molecule has 1 amide bonds. The number of nitrogens with zero attached hydrogens (tertiary/aromatic N) is 2. The molecular weight excluding hydrogens is 290 g/mol. The summed E-state index contributed by atoms with van der Waals surface area (Å²) in [4.78, 5) is 16.5. The molecule has 0 radical (unpaired) electrons. The Morgan fingerprint density at radius 1 is 1.19 bits per heavy atom. The standard InChI is InChI=1S/C15H20ClN3O2/c16-11-1-3-12(4-2-11)18-5-7-19(8-6-18)15(21)14-9-13(20)10-17-14/h1-4,13-14,17,20H,5-10H2. The fraction of sp³-hybridized carbons (Fsp3) is 0.533. The monoisotopic (exact) mass is 309 g/mol. The Morgan fingerprint density at radius 2 is 1.86 bits per heavy atom. The molecule has 2 atom stereocenters. The first kappa shape index (κ1) is 14.6. The van der Waals surface area contributed by atoms with Gasteiger partial charge in [0.15, 0.2) is 0 Å². The number of nitrogens with one attached hydrogen (secondary N) is 1. The molecule has 1 aromatic carbocycles. The summed E-state index contributed by atoms with van der Waals surface area (Å²) in [5.41, 5.74) is 1.14. The molecule has 0 spiro atoms. The highest BCUT2D eigenvalue weighted by atomic mass is 35.5. The Labute approximate surface area is 129 Å². The zero-order chi connectivity index (χ0) is 14.8. The predicted molar refractivity (Wildman–Crippen MR) is 82.7 cm³/mol. The SMILES string of the molecule is O=C(C1CC(O)CN1)N1CCN(c2ccc(Cl)cc2)CC1. The average molecular weight is 310 g/mol. The number of aliphatic hydroxyl groups is 1. The van der Waals surface area contributed by atoms with Gasteiger partial charge in [-0.15, -0.1) is 0 Å². The number of hydrogen-bond acceptors (Lipinski definition) is 4. The summed E-state index contributed by atoms with van der Waals surface area (Å²) in [6.07, 6.45) is 0.130. The summed E-state index contributed by atoms with van der Waals surface area (Å²) in [6.45, 7) is 3.60. The minimum Gasteiger partial charge on any atom is -0.392 e. The maximum Gasteiger partial charge on any atom is 0.239 e. The number of rotatable bonds is 2. The highest BCUT2D eigenvalue weighted by Gasteiger charge is 2.32. The van der Waals surface area contributed by atoms with Gasteiger partial charge in [-0.3, -0.25) is 4.79 Å². The molecule has 1 aromatic rings. The van der Waals surface area contributed by atoms with E-state index in [1.54, 1.807) is 0 Å². The number of β-amino-alcohol motifs (C(OH)–C–C–N with tert-alkyl or cyclic N) is 1. The van der Waals surface area contributed by atoms with Gasteiger partial charge in [0.25, 0.3) is 0 Å². The normalized spacial score (nSPS) is 26.2. The highest BCUT2D eigenvalue weighted by molar-refractivity contribution is 6.30. The van der Waals surface area contributed by atoms with E-state index in [0.29, 0.717) is 13.0 Å². The number of piperazine rings is 1. The molecular formula is C15H20ClN3O2. The van der Waals surface area contributed by atoms with Crippen LogP contribution in [0, 0.1) is 0 Å². The molecule has 3 rings (SSSR count). The number of carbonyl (C=O) groups is 1. The third-order valence-corrected chi connectivity index (χ3v) is 4.44. The Balaban J connectivity index is 1.55. The molecule has 2 aliphatic rings. The Kier molecular flexibility index (Phi) is 4.33. The van der Waals surface area contributed by atoms with Crippen molar-refractivity contribution in [1.29, 1.82) is 0 Å². The van der Waals surface area contributed by atoms with Crippen LogP contribution in [0.5, 0.6) is 0 Å². The van der Waals surface area contributed by atoms with Gasteiger partial charge >= 0.3 is 0 Å². The first-order chi connectivity index (χ1) is 10.1. The van der Waals surface area contributed by atoms with Crippen LogP contribution in [-0.2, 0) is 4.79 Å². The van der Waals surface area contributed by atoms with Crippen LogP contribution in [0.15, 0.2) is 24.3 Å². The molecule has 6 heteroatoms. The molecule has 2 fully saturated rings. The third kappa shape index (κ3) is 3.31. The van der Waals surface area contributed by atoms with Crippen molar-refractivity contribution in [2.75, 3.05) is 37.6 Å². The molecule has 21 heavy (non-hydrogen) atoms. The van der Waals surface area contributed by atoms with Crippen LogP contribution in [0.4, 0.5) is 5.69 Å². The molecule has 2 saturated heterocycles. The van der Waals surface area contributed by atoms with Crippen molar-refractivity contribution in [3.8, 4) is 0 Å². The zero-order valence-corrected chi connectivity index (χ0v) is 12.6.